The van der Waals surface area contributed by atoms with Crippen molar-refractivity contribution in [3.8, 4) is 0 Å². The maximum absolute atomic E-state index is 6.07. The number of nitrogens with zero attached hydrogens (tertiary/aromatic N) is 2. The molecule has 108 valence electrons. The smallest absolute Gasteiger partial charge is 0.114 e. The topological polar surface area (TPSA) is 43.8 Å². The maximum Gasteiger partial charge on any atom is 0.114 e. The highest BCUT2D eigenvalue weighted by molar-refractivity contribution is 6.42. The van der Waals surface area contributed by atoms with Crippen molar-refractivity contribution in [1.29, 1.82) is 0 Å². The summed E-state index contributed by atoms with van der Waals surface area (Å²) >= 11 is 12.0. The van der Waals surface area contributed by atoms with E-state index in [1.54, 1.807) is 0 Å². The molecular weight excluding hydrogens is 305 g/mol. The fourth-order valence-electron chi connectivity index (χ4n) is 2.40. The van der Waals surface area contributed by atoms with Crippen molar-refractivity contribution in [2.24, 2.45) is 12.8 Å². The molecule has 3 nitrogen and oxygen atoms in total. The highest BCUT2D eigenvalue weighted by Gasteiger charge is 2.10. The Labute approximate surface area is 133 Å². The molecule has 0 aliphatic carbocycles. The predicted molar refractivity (Wildman–Crippen MR) is 87.9 cm³/mol. The molecule has 0 atom stereocenters. The van der Waals surface area contributed by atoms with Crippen LogP contribution in [0, 0.1) is 0 Å². The number of aromatic nitrogens is 2. The zero-order valence-corrected chi connectivity index (χ0v) is 13.1. The second kappa shape index (κ2) is 5.68. The third-order valence-electron chi connectivity index (χ3n) is 3.62. The van der Waals surface area contributed by atoms with Gasteiger partial charge in [0.25, 0.3) is 0 Å². The van der Waals surface area contributed by atoms with Crippen LogP contribution >= 0.6 is 23.2 Å². The number of aryl methyl sites for hydroxylation is 1. The van der Waals surface area contributed by atoms with Crippen LogP contribution in [-0.4, -0.2) is 9.55 Å². The Balaban J connectivity index is 2.00. The summed E-state index contributed by atoms with van der Waals surface area (Å²) in [5, 5.41) is 1.14. The quantitative estimate of drug-likeness (QED) is 0.794. The molecule has 0 unspecified atom stereocenters. The molecule has 3 aromatic rings. The summed E-state index contributed by atoms with van der Waals surface area (Å²) < 4.78 is 2.09. The van der Waals surface area contributed by atoms with Gasteiger partial charge in [-0.1, -0.05) is 35.3 Å². The minimum Gasteiger partial charge on any atom is -0.331 e. The molecule has 2 N–H and O–H groups in total. The second-order valence-electron chi connectivity index (χ2n) is 5.04. The average Bonchev–Trinajstić information content (AvgIpc) is 2.79. The summed E-state index contributed by atoms with van der Waals surface area (Å²) in [5.41, 5.74) is 9.95. The predicted octanol–water partition coefficient (Wildman–Crippen LogP) is 3.93. The lowest BCUT2D eigenvalue weighted by atomic mass is 10.1. The first-order chi connectivity index (χ1) is 10.1. The molecule has 0 fully saturated rings. The number of rotatable bonds is 3. The van der Waals surface area contributed by atoms with Crippen molar-refractivity contribution in [3.63, 3.8) is 0 Å². The van der Waals surface area contributed by atoms with Crippen LogP contribution in [0.3, 0.4) is 0 Å². The minimum atomic E-state index is 0.531. The third-order valence-corrected chi connectivity index (χ3v) is 4.36. The number of hydrogen-bond acceptors (Lipinski definition) is 2. The molecule has 0 radical (unpaired) electrons. The molecule has 21 heavy (non-hydrogen) atoms. The van der Waals surface area contributed by atoms with Crippen LogP contribution in [0.25, 0.3) is 11.0 Å². The number of benzene rings is 2. The monoisotopic (exact) mass is 319 g/mol. The van der Waals surface area contributed by atoms with Crippen LogP contribution in [0.5, 0.6) is 0 Å². The number of fused-ring (bicyclic) bond motifs is 1. The van der Waals surface area contributed by atoms with Crippen molar-refractivity contribution < 1.29 is 0 Å². The third kappa shape index (κ3) is 2.77. The van der Waals surface area contributed by atoms with Crippen molar-refractivity contribution in [2.75, 3.05) is 0 Å². The van der Waals surface area contributed by atoms with Crippen LogP contribution in [0.1, 0.15) is 17.0 Å². The van der Waals surface area contributed by atoms with E-state index in [1.807, 2.05) is 37.4 Å². The first-order valence-corrected chi connectivity index (χ1v) is 7.42. The molecule has 0 aliphatic heterocycles. The summed E-state index contributed by atoms with van der Waals surface area (Å²) in [5.74, 6) is 0.984. The van der Waals surface area contributed by atoms with Gasteiger partial charge in [-0.25, -0.2) is 4.98 Å². The van der Waals surface area contributed by atoms with Gasteiger partial charge in [0.2, 0.25) is 0 Å². The molecule has 5 heteroatoms. The van der Waals surface area contributed by atoms with Gasteiger partial charge in [-0.3, -0.25) is 0 Å². The zero-order chi connectivity index (χ0) is 15.0. The van der Waals surface area contributed by atoms with Crippen molar-refractivity contribution in [2.45, 2.75) is 13.0 Å². The molecule has 0 saturated heterocycles. The molecule has 1 heterocycles. The summed E-state index contributed by atoms with van der Waals surface area (Å²) in [7, 11) is 2.02. The Morgan fingerprint density at radius 3 is 2.52 bits per heavy atom. The number of imidazole rings is 1. The first-order valence-electron chi connectivity index (χ1n) is 6.66. The van der Waals surface area contributed by atoms with Gasteiger partial charge in [-0.2, -0.15) is 0 Å². The number of hydrogen-bond donors (Lipinski definition) is 1. The SMILES string of the molecule is Cn1c(Cc2ccc(Cl)c(Cl)c2)nc2ccc(CN)cc21. The van der Waals surface area contributed by atoms with E-state index in [1.165, 1.54) is 0 Å². The summed E-state index contributed by atoms with van der Waals surface area (Å²) in [6, 6.07) is 11.8. The van der Waals surface area contributed by atoms with E-state index in [0.717, 1.165) is 28.0 Å². The Morgan fingerprint density at radius 1 is 1.05 bits per heavy atom. The standard InChI is InChI=1S/C16H15Cl2N3/c1-21-15-7-11(9-19)3-5-14(15)20-16(21)8-10-2-4-12(17)13(18)6-10/h2-7H,8-9,19H2,1H3. The van der Waals surface area contributed by atoms with Gasteiger partial charge >= 0.3 is 0 Å². The summed E-state index contributed by atoms with van der Waals surface area (Å²) in [6.45, 7) is 0.531. The molecule has 0 saturated carbocycles. The van der Waals surface area contributed by atoms with Crippen molar-refractivity contribution in [1.82, 2.24) is 9.55 Å². The Kier molecular flexibility index (Phi) is 3.89. The fourth-order valence-corrected chi connectivity index (χ4v) is 2.72. The largest absolute Gasteiger partial charge is 0.331 e. The van der Waals surface area contributed by atoms with Crippen LogP contribution in [-0.2, 0) is 20.0 Å². The molecular formula is C16H15Cl2N3. The van der Waals surface area contributed by atoms with Crippen LogP contribution in [0.4, 0.5) is 0 Å². The first kappa shape index (κ1) is 14.4. The molecule has 0 amide bonds. The van der Waals surface area contributed by atoms with E-state index >= 15 is 0 Å². The highest BCUT2D eigenvalue weighted by atomic mass is 35.5. The van der Waals surface area contributed by atoms with E-state index < -0.39 is 0 Å². The van der Waals surface area contributed by atoms with E-state index in [2.05, 4.69) is 15.6 Å². The molecule has 0 spiro atoms. The van der Waals surface area contributed by atoms with Gasteiger partial charge < -0.3 is 10.3 Å². The lowest BCUT2D eigenvalue weighted by Gasteiger charge is -2.04. The Bertz CT molecular complexity index is 809. The maximum atomic E-state index is 6.07. The van der Waals surface area contributed by atoms with Crippen LogP contribution < -0.4 is 5.73 Å². The van der Waals surface area contributed by atoms with E-state index in [4.69, 9.17) is 28.9 Å². The fraction of sp³-hybridized carbons (Fsp3) is 0.188. The summed E-state index contributed by atoms with van der Waals surface area (Å²) in [6.07, 6.45) is 0.708. The molecule has 3 rings (SSSR count). The van der Waals surface area contributed by atoms with Crippen molar-refractivity contribution >= 4 is 34.2 Å². The number of nitrogens with two attached hydrogens (primary N) is 1. The Hall–Kier alpha value is -1.55. The highest BCUT2D eigenvalue weighted by Crippen LogP contribution is 2.25. The van der Waals surface area contributed by atoms with Gasteiger partial charge in [-0.15, -0.1) is 0 Å². The van der Waals surface area contributed by atoms with Gasteiger partial charge in [0.05, 0.1) is 21.1 Å². The van der Waals surface area contributed by atoms with Gasteiger partial charge in [-0.05, 0) is 35.4 Å². The second-order valence-corrected chi connectivity index (χ2v) is 5.85. The lowest BCUT2D eigenvalue weighted by molar-refractivity contribution is 0.844. The summed E-state index contributed by atoms with van der Waals surface area (Å²) in [4.78, 5) is 4.68. The van der Waals surface area contributed by atoms with Gasteiger partial charge in [0.1, 0.15) is 5.82 Å². The van der Waals surface area contributed by atoms with Gasteiger partial charge in [0.15, 0.2) is 0 Å². The lowest BCUT2D eigenvalue weighted by Crippen LogP contribution is -2.00. The van der Waals surface area contributed by atoms with Gasteiger partial charge in [0, 0.05) is 20.0 Å². The molecule has 0 aliphatic rings. The van der Waals surface area contributed by atoms with Crippen LogP contribution in [0.15, 0.2) is 36.4 Å². The molecule has 0 bridgehead atoms. The molecule has 2 aromatic carbocycles. The van der Waals surface area contributed by atoms with E-state index in [0.29, 0.717) is 23.0 Å². The van der Waals surface area contributed by atoms with Crippen LogP contribution in [0.2, 0.25) is 10.0 Å². The van der Waals surface area contributed by atoms with E-state index in [9.17, 15) is 0 Å². The number of halogens is 2. The molecule has 1 aromatic heterocycles. The average molecular weight is 320 g/mol. The zero-order valence-electron chi connectivity index (χ0n) is 11.6. The Morgan fingerprint density at radius 2 is 1.81 bits per heavy atom. The van der Waals surface area contributed by atoms with Crippen molar-refractivity contribution in [3.05, 3.63) is 63.4 Å². The minimum absolute atomic E-state index is 0.531. The normalized spacial score (nSPS) is 11.2. The van der Waals surface area contributed by atoms with E-state index in [-0.39, 0.29) is 0 Å².